The summed E-state index contributed by atoms with van der Waals surface area (Å²) in [7, 11) is 0. The first-order valence-corrected chi connectivity index (χ1v) is 9.92. The Balaban J connectivity index is 1.46. The van der Waals surface area contributed by atoms with Gasteiger partial charge in [-0.15, -0.1) is 0 Å². The van der Waals surface area contributed by atoms with E-state index in [1.165, 1.54) is 12.1 Å². The maximum absolute atomic E-state index is 13.4. The molecule has 1 fully saturated rings. The van der Waals surface area contributed by atoms with E-state index in [-0.39, 0.29) is 29.0 Å². The van der Waals surface area contributed by atoms with Crippen LogP contribution in [0, 0.1) is 12.8 Å². The molecule has 0 aliphatic carbocycles. The third-order valence-corrected chi connectivity index (χ3v) is 6.18. The average molecular weight is 413 g/mol. The van der Waals surface area contributed by atoms with Gasteiger partial charge in [-0.2, -0.15) is 8.78 Å². The fraction of sp³-hybridized carbons (Fsp3) is 0.381. The van der Waals surface area contributed by atoms with E-state index in [0.29, 0.717) is 36.7 Å². The van der Waals surface area contributed by atoms with Crippen LogP contribution in [0.3, 0.4) is 0 Å². The number of imidazole rings is 1. The summed E-state index contributed by atoms with van der Waals surface area (Å²) in [5.74, 6) is 0.240. The molecule has 7 nitrogen and oxygen atoms in total. The molecule has 0 unspecified atom stereocenters. The van der Waals surface area contributed by atoms with Crippen molar-refractivity contribution in [2.24, 2.45) is 5.92 Å². The van der Waals surface area contributed by atoms with Crippen molar-refractivity contribution in [1.82, 2.24) is 24.0 Å². The number of carbonyl (C=O) groups is 1. The first-order chi connectivity index (χ1) is 14.4. The number of amides is 1. The van der Waals surface area contributed by atoms with Crippen molar-refractivity contribution in [3.05, 3.63) is 64.1 Å². The zero-order chi connectivity index (χ0) is 21.0. The number of aromatic amines is 1. The highest BCUT2D eigenvalue weighted by atomic mass is 19.3. The number of hydrogen-bond acceptors (Lipinski definition) is 3. The van der Waals surface area contributed by atoms with Crippen molar-refractivity contribution in [2.45, 2.75) is 32.4 Å². The summed E-state index contributed by atoms with van der Waals surface area (Å²) in [6.07, 6.45) is 4.15. The molecule has 1 amide bonds. The van der Waals surface area contributed by atoms with E-state index in [9.17, 15) is 18.4 Å². The number of rotatable bonds is 3. The van der Waals surface area contributed by atoms with Gasteiger partial charge in [0.1, 0.15) is 11.5 Å². The molecule has 0 spiro atoms. The molecular formula is C21H21F2N5O2. The van der Waals surface area contributed by atoms with Crippen molar-refractivity contribution in [3.63, 3.8) is 0 Å². The summed E-state index contributed by atoms with van der Waals surface area (Å²) >= 11 is 0. The summed E-state index contributed by atoms with van der Waals surface area (Å²) in [4.78, 5) is 34.9. The monoisotopic (exact) mass is 413 g/mol. The first-order valence-electron chi connectivity index (χ1n) is 9.92. The Labute approximate surface area is 171 Å². The number of fused-ring (bicyclic) bond motifs is 4. The van der Waals surface area contributed by atoms with Crippen molar-refractivity contribution < 1.29 is 13.6 Å². The molecular weight excluding hydrogens is 392 g/mol. The number of aryl methyl sites for hydroxylation is 1. The number of carbonyl (C=O) groups excluding carboxylic acids is 1. The molecule has 156 valence electrons. The van der Waals surface area contributed by atoms with Gasteiger partial charge in [-0.05, 0) is 43.5 Å². The lowest BCUT2D eigenvalue weighted by Crippen LogP contribution is -2.49. The van der Waals surface area contributed by atoms with Gasteiger partial charge in [0.05, 0.1) is 5.56 Å². The highest BCUT2D eigenvalue weighted by Gasteiger charge is 2.38. The number of piperidine rings is 1. The second kappa shape index (κ2) is 6.93. The van der Waals surface area contributed by atoms with Gasteiger partial charge in [-0.3, -0.25) is 14.2 Å². The Morgan fingerprint density at radius 3 is 2.77 bits per heavy atom. The number of halogens is 2. The Hall–Kier alpha value is -3.23. The predicted molar refractivity (Wildman–Crippen MR) is 105 cm³/mol. The van der Waals surface area contributed by atoms with Crippen molar-refractivity contribution in [2.75, 3.05) is 13.1 Å². The van der Waals surface area contributed by atoms with Gasteiger partial charge in [0, 0.05) is 49.3 Å². The summed E-state index contributed by atoms with van der Waals surface area (Å²) in [5, 5.41) is 0. The highest BCUT2D eigenvalue weighted by molar-refractivity contribution is 5.93. The number of nitrogens with one attached hydrogen (secondary N) is 1. The van der Waals surface area contributed by atoms with E-state index >= 15 is 0 Å². The summed E-state index contributed by atoms with van der Waals surface area (Å²) < 4.78 is 29.4. The summed E-state index contributed by atoms with van der Waals surface area (Å²) in [6.45, 7) is 0.148. The van der Waals surface area contributed by atoms with Crippen LogP contribution in [-0.4, -0.2) is 43.0 Å². The minimum atomic E-state index is -2.76. The summed E-state index contributed by atoms with van der Waals surface area (Å²) in [6, 6.07) is 6.68. The molecule has 1 N–H and O–H groups in total. The zero-order valence-corrected chi connectivity index (χ0v) is 16.4. The standard InChI is InChI=1S/C21H21F2N5O2/c1-12-2-4-17(28(12)21(22)23)20(30)26-9-13-8-14(11-26)16-5-3-15(18-24-6-7-25-18)19(29)27(16)10-13/h2-7,13-14,21H,8-11H2,1H3,(H,24,25)/t13-,14+/m0/s1. The van der Waals surface area contributed by atoms with Crippen LogP contribution < -0.4 is 5.56 Å². The minimum Gasteiger partial charge on any atom is -0.344 e. The molecule has 5 rings (SSSR count). The Morgan fingerprint density at radius 2 is 2.03 bits per heavy atom. The fourth-order valence-corrected chi connectivity index (χ4v) is 4.85. The van der Waals surface area contributed by atoms with Crippen LogP contribution in [-0.2, 0) is 6.54 Å². The molecule has 2 aliphatic heterocycles. The van der Waals surface area contributed by atoms with Gasteiger partial charge in [0.25, 0.3) is 11.5 Å². The lowest BCUT2D eigenvalue weighted by atomic mass is 9.83. The van der Waals surface area contributed by atoms with E-state index in [1.54, 1.807) is 34.9 Å². The van der Waals surface area contributed by atoms with Crippen molar-refractivity contribution >= 4 is 5.91 Å². The Morgan fingerprint density at radius 1 is 1.20 bits per heavy atom. The smallest absolute Gasteiger partial charge is 0.319 e. The molecule has 1 saturated heterocycles. The number of pyridine rings is 1. The Bertz CT molecular complexity index is 1160. The van der Waals surface area contributed by atoms with Crippen LogP contribution in [0.2, 0.25) is 0 Å². The molecule has 30 heavy (non-hydrogen) atoms. The van der Waals surface area contributed by atoms with Crippen molar-refractivity contribution in [1.29, 1.82) is 0 Å². The van der Waals surface area contributed by atoms with E-state index in [1.807, 2.05) is 6.07 Å². The van der Waals surface area contributed by atoms with Crippen LogP contribution in [0.1, 0.15) is 40.8 Å². The first kappa shape index (κ1) is 18.8. The predicted octanol–water partition coefficient (Wildman–Crippen LogP) is 3.00. The number of alkyl halides is 2. The van der Waals surface area contributed by atoms with Crippen LogP contribution >= 0.6 is 0 Å². The number of hydrogen-bond donors (Lipinski definition) is 1. The second-order valence-electron chi connectivity index (χ2n) is 8.04. The normalized spacial score (nSPS) is 20.5. The van der Waals surface area contributed by atoms with Crippen LogP contribution in [0.25, 0.3) is 11.4 Å². The molecule has 0 aromatic carbocycles. The molecule has 9 heteroatoms. The van der Waals surface area contributed by atoms with Gasteiger partial charge in [0.15, 0.2) is 0 Å². The number of likely N-dealkylation sites (tertiary alicyclic amines) is 1. The van der Waals surface area contributed by atoms with E-state index in [0.717, 1.165) is 16.7 Å². The largest absolute Gasteiger partial charge is 0.344 e. The van der Waals surface area contributed by atoms with Gasteiger partial charge >= 0.3 is 6.55 Å². The molecule has 0 radical (unpaired) electrons. The molecule has 3 aromatic rings. The van der Waals surface area contributed by atoms with Crippen LogP contribution in [0.15, 0.2) is 41.5 Å². The van der Waals surface area contributed by atoms with Crippen molar-refractivity contribution in [3.8, 4) is 11.4 Å². The molecule has 2 aliphatic rings. The number of nitrogens with zero attached hydrogens (tertiary/aromatic N) is 4. The molecule has 2 atom stereocenters. The number of H-pyrrole nitrogens is 1. The SMILES string of the molecule is Cc1ccc(C(=O)N2C[C@@H]3C[C@H](C2)c2ccc(-c4ncc[nH]4)c(=O)n2C3)n1C(F)F. The third kappa shape index (κ3) is 2.88. The lowest BCUT2D eigenvalue weighted by Gasteiger charge is -2.43. The summed E-state index contributed by atoms with van der Waals surface area (Å²) in [5.41, 5.74) is 1.66. The van der Waals surface area contributed by atoms with Crippen LogP contribution in [0.4, 0.5) is 8.78 Å². The highest BCUT2D eigenvalue weighted by Crippen LogP contribution is 2.36. The topological polar surface area (TPSA) is 75.9 Å². The molecule has 0 saturated carbocycles. The minimum absolute atomic E-state index is 0.00383. The van der Waals surface area contributed by atoms with Crippen LogP contribution in [0.5, 0.6) is 0 Å². The molecule has 3 aromatic heterocycles. The molecule has 5 heterocycles. The molecule has 2 bridgehead atoms. The average Bonchev–Trinajstić information content (AvgIpc) is 3.38. The quantitative estimate of drug-likeness (QED) is 0.717. The Kier molecular flexibility index (Phi) is 4.34. The van der Waals surface area contributed by atoms with E-state index in [4.69, 9.17) is 0 Å². The maximum Gasteiger partial charge on any atom is 0.319 e. The maximum atomic E-state index is 13.4. The van der Waals surface area contributed by atoms with E-state index < -0.39 is 6.55 Å². The van der Waals surface area contributed by atoms with Gasteiger partial charge < -0.3 is 14.5 Å². The zero-order valence-electron chi connectivity index (χ0n) is 16.4. The lowest BCUT2D eigenvalue weighted by molar-refractivity contribution is 0.0469. The second-order valence-corrected chi connectivity index (χ2v) is 8.04. The number of aromatic nitrogens is 4. The fourth-order valence-electron chi connectivity index (χ4n) is 4.85. The van der Waals surface area contributed by atoms with Gasteiger partial charge in [-0.1, -0.05) is 0 Å². The van der Waals surface area contributed by atoms with Gasteiger partial charge in [0.2, 0.25) is 0 Å². The van der Waals surface area contributed by atoms with Gasteiger partial charge in [-0.25, -0.2) is 4.98 Å². The third-order valence-electron chi connectivity index (χ3n) is 6.18. The van der Waals surface area contributed by atoms with E-state index in [2.05, 4.69) is 9.97 Å².